The van der Waals surface area contributed by atoms with Crippen LogP contribution in [0, 0.1) is 0 Å². The number of amides is 1. The Labute approximate surface area is 140 Å². The van der Waals surface area contributed by atoms with E-state index in [-0.39, 0.29) is 11.9 Å². The number of fused-ring (bicyclic) bond motifs is 1. The van der Waals surface area contributed by atoms with Gasteiger partial charge in [-0.25, -0.2) is 4.98 Å². The zero-order valence-electron chi connectivity index (χ0n) is 13.1. The van der Waals surface area contributed by atoms with E-state index in [1.165, 1.54) is 11.1 Å². The minimum absolute atomic E-state index is 0.0256. The van der Waals surface area contributed by atoms with Crippen LogP contribution in [0.1, 0.15) is 24.0 Å². The Morgan fingerprint density at radius 2 is 1.87 bits per heavy atom. The molecule has 1 unspecified atom stereocenters. The normalized spacial score (nSPS) is 21.1. The molecule has 0 bridgehead atoms. The zero-order chi connectivity index (χ0) is 15.6. The van der Waals surface area contributed by atoms with Gasteiger partial charge < -0.3 is 9.80 Å². The van der Waals surface area contributed by atoms with Crippen LogP contribution in [0.4, 0.5) is 5.13 Å². The molecule has 120 valence electrons. The second kappa shape index (κ2) is 6.32. The maximum absolute atomic E-state index is 13.1. The number of benzene rings is 1. The van der Waals surface area contributed by atoms with Gasteiger partial charge in [-0.15, -0.1) is 11.3 Å². The van der Waals surface area contributed by atoms with Crippen LogP contribution in [0.2, 0.25) is 0 Å². The van der Waals surface area contributed by atoms with Gasteiger partial charge in [0.1, 0.15) is 6.04 Å². The molecule has 1 fully saturated rings. The molecule has 4 rings (SSSR count). The Morgan fingerprint density at radius 1 is 1.13 bits per heavy atom. The van der Waals surface area contributed by atoms with Crippen LogP contribution < -0.4 is 4.90 Å². The van der Waals surface area contributed by atoms with E-state index in [9.17, 15) is 4.79 Å². The van der Waals surface area contributed by atoms with Crippen molar-refractivity contribution in [2.75, 3.05) is 24.5 Å². The lowest BCUT2D eigenvalue weighted by Crippen LogP contribution is -2.46. The molecule has 1 aromatic carbocycles. The van der Waals surface area contributed by atoms with Gasteiger partial charge in [-0.3, -0.25) is 4.79 Å². The third kappa shape index (κ3) is 2.85. The summed E-state index contributed by atoms with van der Waals surface area (Å²) in [7, 11) is 0. The molecule has 2 aliphatic heterocycles. The summed E-state index contributed by atoms with van der Waals surface area (Å²) in [5.74, 6) is 0.283. The van der Waals surface area contributed by atoms with Crippen LogP contribution >= 0.6 is 11.3 Å². The molecule has 1 aromatic heterocycles. The maximum atomic E-state index is 13.1. The number of aromatic nitrogens is 1. The average molecular weight is 327 g/mol. The molecule has 4 nitrogen and oxygen atoms in total. The summed E-state index contributed by atoms with van der Waals surface area (Å²) in [6, 6.07) is 8.55. The lowest BCUT2D eigenvalue weighted by Gasteiger charge is -2.29. The van der Waals surface area contributed by atoms with Crippen LogP contribution in [0.25, 0.3) is 0 Å². The van der Waals surface area contributed by atoms with Crippen molar-refractivity contribution in [1.29, 1.82) is 0 Å². The molecule has 0 aliphatic carbocycles. The molecule has 3 heterocycles. The van der Waals surface area contributed by atoms with Gasteiger partial charge in [-0.1, -0.05) is 24.3 Å². The predicted octanol–water partition coefficient (Wildman–Crippen LogP) is 2.74. The van der Waals surface area contributed by atoms with E-state index in [1.807, 2.05) is 11.6 Å². The monoisotopic (exact) mass is 327 g/mol. The first-order valence-corrected chi connectivity index (χ1v) is 9.22. The largest absolute Gasteiger partial charge is 0.340 e. The molecule has 2 aromatic rings. The van der Waals surface area contributed by atoms with Crippen LogP contribution in [0.3, 0.4) is 0 Å². The van der Waals surface area contributed by atoms with Crippen LogP contribution in [0.15, 0.2) is 35.8 Å². The number of hydrogen-bond acceptors (Lipinski definition) is 4. The first-order chi connectivity index (χ1) is 11.3. The van der Waals surface area contributed by atoms with Gasteiger partial charge in [0, 0.05) is 31.2 Å². The molecular weight excluding hydrogens is 306 g/mol. The molecule has 5 heteroatoms. The van der Waals surface area contributed by atoms with Gasteiger partial charge in [-0.05, 0) is 36.8 Å². The quantitative estimate of drug-likeness (QED) is 0.851. The number of thiazole rings is 1. The number of rotatable bonds is 2. The second-order valence-electron chi connectivity index (χ2n) is 6.26. The van der Waals surface area contributed by atoms with Gasteiger partial charge in [0.2, 0.25) is 5.91 Å². The molecule has 0 spiro atoms. The zero-order valence-corrected chi connectivity index (χ0v) is 14.0. The van der Waals surface area contributed by atoms with Crippen molar-refractivity contribution in [3.8, 4) is 0 Å². The summed E-state index contributed by atoms with van der Waals surface area (Å²) in [5.41, 5.74) is 2.79. The third-order valence-corrected chi connectivity index (χ3v) is 5.74. The lowest BCUT2D eigenvalue weighted by atomic mass is 10.0. The number of anilines is 1. The van der Waals surface area contributed by atoms with E-state index in [0.29, 0.717) is 0 Å². The highest BCUT2D eigenvalue weighted by Crippen LogP contribution is 2.28. The molecule has 0 saturated carbocycles. The Kier molecular flexibility index (Phi) is 4.04. The summed E-state index contributed by atoms with van der Waals surface area (Å²) in [5, 5.41) is 2.97. The fourth-order valence-electron chi connectivity index (χ4n) is 3.71. The van der Waals surface area contributed by atoms with Crippen LogP contribution in [-0.2, 0) is 17.6 Å². The molecule has 1 atom stereocenters. The van der Waals surface area contributed by atoms with E-state index < -0.39 is 0 Å². The van der Waals surface area contributed by atoms with Crippen molar-refractivity contribution < 1.29 is 4.79 Å². The minimum atomic E-state index is -0.0256. The first kappa shape index (κ1) is 14.7. The van der Waals surface area contributed by atoms with E-state index >= 15 is 0 Å². The molecule has 1 amide bonds. The fourth-order valence-corrected chi connectivity index (χ4v) is 4.43. The van der Waals surface area contributed by atoms with Crippen LogP contribution in [0.5, 0.6) is 0 Å². The smallest absolute Gasteiger partial charge is 0.245 e. The minimum Gasteiger partial charge on any atom is -0.340 e. The number of carbonyl (C=O) groups excluding carboxylic acids is 1. The van der Waals surface area contributed by atoms with Crippen molar-refractivity contribution >= 4 is 22.4 Å². The second-order valence-corrected chi connectivity index (χ2v) is 7.13. The summed E-state index contributed by atoms with van der Waals surface area (Å²) < 4.78 is 0. The van der Waals surface area contributed by atoms with Gasteiger partial charge in [-0.2, -0.15) is 0 Å². The SMILES string of the molecule is O=C(C1CCCN1c1nccs1)N1CCc2ccccc2CC1. The Balaban J connectivity index is 1.49. The lowest BCUT2D eigenvalue weighted by molar-refractivity contribution is -0.132. The number of hydrogen-bond donors (Lipinski definition) is 0. The highest BCUT2D eigenvalue weighted by Gasteiger charge is 2.35. The third-order valence-electron chi connectivity index (χ3n) is 4.94. The van der Waals surface area contributed by atoms with Gasteiger partial charge >= 0.3 is 0 Å². The standard InChI is InChI=1S/C18H21N3OS/c22-17(16-6-3-10-21(16)18-19-9-13-23-18)20-11-7-14-4-1-2-5-15(14)8-12-20/h1-2,4-5,9,13,16H,3,6-8,10-12H2. The fraction of sp³-hybridized carbons (Fsp3) is 0.444. The van der Waals surface area contributed by atoms with E-state index in [0.717, 1.165) is 50.4 Å². The van der Waals surface area contributed by atoms with Gasteiger partial charge in [0.05, 0.1) is 0 Å². The Morgan fingerprint density at radius 3 is 2.52 bits per heavy atom. The van der Waals surface area contributed by atoms with E-state index in [4.69, 9.17) is 0 Å². The van der Waals surface area contributed by atoms with E-state index in [1.54, 1.807) is 11.3 Å². The molecular formula is C18H21N3OS. The Hall–Kier alpha value is -1.88. The molecule has 1 saturated heterocycles. The summed E-state index contributed by atoms with van der Waals surface area (Å²) in [6.45, 7) is 2.61. The van der Waals surface area contributed by atoms with Crippen molar-refractivity contribution in [3.63, 3.8) is 0 Å². The molecule has 23 heavy (non-hydrogen) atoms. The highest BCUT2D eigenvalue weighted by molar-refractivity contribution is 7.13. The molecule has 0 radical (unpaired) electrons. The van der Waals surface area contributed by atoms with Crippen molar-refractivity contribution in [1.82, 2.24) is 9.88 Å². The van der Waals surface area contributed by atoms with Crippen molar-refractivity contribution in [2.45, 2.75) is 31.7 Å². The first-order valence-electron chi connectivity index (χ1n) is 8.34. The van der Waals surface area contributed by atoms with Gasteiger partial charge in [0.25, 0.3) is 0 Å². The predicted molar refractivity (Wildman–Crippen MR) is 92.9 cm³/mol. The van der Waals surface area contributed by atoms with Crippen molar-refractivity contribution in [2.24, 2.45) is 0 Å². The molecule has 2 aliphatic rings. The van der Waals surface area contributed by atoms with Crippen LogP contribution in [-0.4, -0.2) is 41.5 Å². The maximum Gasteiger partial charge on any atom is 0.245 e. The van der Waals surface area contributed by atoms with Crippen molar-refractivity contribution in [3.05, 3.63) is 47.0 Å². The topological polar surface area (TPSA) is 36.4 Å². The number of carbonyl (C=O) groups is 1. The summed E-state index contributed by atoms with van der Waals surface area (Å²) in [6.07, 6.45) is 5.77. The number of nitrogens with zero attached hydrogens (tertiary/aromatic N) is 3. The van der Waals surface area contributed by atoms with E-state index in [2.05, 4.69) is 39.0 Å². The molecule has 0 N–H and O–H groups in total. The highest BCUT2D eigenvalue weighted by atomic mass is 32.1. The van der Waals surface area contributed by atoms with Gasteiger partial charge in [0.15, 0.2) is 5.13 Å². The Bertz CT molecular complexity index is 658. The average Bonchev–Trinajstić information content (AvgIpc) is 3.22. The summed E-state index contributed by atoms with van der Waals surface area (Å²) in [4.78, 5) is 21.7. The summed E-state index contributed by atoms with van der Waals surface area (Å²) >= 11 is 1.63.